The summed E-state index contributed by atoms with van der Waals surface area (Å²) in [5.74, 6) is -0.640. The lowest BCUT2D eigenvalue weighted by molar-refractivity contribution is -0.146. The number of carboxylic acid groups (broad SMARTS) is 1. The Bertz CT molecular complexity index is 1090. The van der Waals surface area contributed by atoms with Crippen LogP contribution < -0.4 is 5.56 Å². The molecule has 1 N–H and O–H groups in total. The van der Waals surface area contributed by atoms with Gasteiger partial charge in [0.1, 0.15) is 16.2 Å². The number of hydrogen-bond donors (Lipinski definition) is 1. The Hall–Kier alpha value is -2.47. The third-order valence-corrected chi connectivity index (χ3v) is 5.87. The van der Waals surface area contributed by atoms with Crippen LogP contribution in [0.2, 0.25) is 0 Å². The Morgan fingerprint density at radius 1 is 1.19 bits per heavy atom. The first-order valence-electron chi connectivity index (χ1n) is 8.92. The van der Waals surface area contributed by atoms with E-state index in [1.54, 1.807) is 13.8 Å². The van der Waals surface area contributed by atoms with Crippen molar-refractivity contribution in [1.29, 1.82) is 0 Å². The molecule has 0 saturated carbocycles. The van der Waals surface area contributed by atoms with Crippen molar-refractivity contribution in [3.05, 3.63) is 50.9 Å². The van der Waals surface area contributed by atoms with Crippen LogP contribution in [0.4, 0.5) is 0 Å². The lowest BCUT2D eigenvalue weighted by atomic mass is 10.00. The van der Waals surface area contributed by atoms with Gasteiger partial charge in [0.25, 0.3) is 5.56 Å². The molecule has 0 fully saturated rings. The molecule has 0 radical (unpaired) electrons. The van der Waals surface area contributed by atoms with Crippen LogP contribution in [0.25, 0.3) is 21.3 Å². The Morgan fingerprint density at radius 3 is 2.30 bits per heavy atom. The molecule has 142 valence electrons. The Kier molecular flexibility index (Phi) is 4.72. The summed E-state index contributed by atoms with van der Waals surface area (Å²) in [5.41, 5.74) is 1.24. The van der Waals surface area contributed by atoms with Crippen molar-refractivity contribution in [2.24, 2.45) is 0 Å². The van der Waals surface area contributed by atoms with Gasteiger partial charge in [0, 0.05) is 16.4 Å². The van der Waals surface area contributed by atoms with Crippen molar-refractivity contribution in [2.45, 2.75) is 53.0 Å². The fraction of sp³-hybridized carbons (Fsp3) is 0.381. The summed E-state index contributed by atoms with van der Waals surface area (Å²) in [6, 6.07) is 8.00. The minimum absolute atomic E-state index is 0.0778. The van der Waals surface area contributed by atoms with Crippen LogP contribution in [0, 0.1) is 13.8 Å². The first-order chi connectivity index (χ1) is 12.6. The molecule has 6 heteroatoms. The Labute approximate surface area is 162 Å². The molecule has 1 aromatic carbocycles. The van der Waals surface area contributed by atoms with Crippen LogP contribution in [0.3, 0.4) is 0 Å². The molecule has 0 aliphatic carbocycles. The molecule has 3 aromatic rings. The first-order valence-corrected chi connectivity index (χ1v) is 9.74. The molecule has 5 nitrogen and oxygen atoms in total. The number of aryl methyl sites for hydroxylation is 2. The van der Waals surface area contributed by atoms with Gasteiger partial charge in [0.05, 0.1) is 5.39 Å². The minimum atomic E-state index is -1.39. The number of carboxylic acids is 1. The number of thiophene rings is 1. The molecular formula is C21H24N2O3S. The van der Waals surface area contributed by atoms with E-state index in [9.17, 15) is 14.7 Å². The van der Waals surface area contributed by atoms with E-state index < -0.39 is 11.5 Å². The summed E-state index contributed by atoms with van der Waals surface area (Å²) in [7, 11) is 0. The molecular weight excluding hydrogens is 360 g/mol. The lowest BCUT2D eigenvalue weighted by Gasteiger charge is -2.27. The van der Waals surface area contributed by atoms with E-state index >= 15 is 0 Å². The van der Waals surface area contributed by atoms with Gasteiger partial charge in [-0.3, -0.25) is 9.36 Å². The lowest BCUT2D eigenvalue weighted by Crippen LogP contribution is -2.45. The zero-order chi connectivity index (χ0) is 20.1. The van der Waals surface area contributed by atoms with E-state index in [-0.39, 0.29) is 11.5 Å². The van der Waals surface area contributed by atoms with E-state index in [0.717, 1.165) is 21.6 Å². The van der Waals surface area contributed by atoms with Crippen molar-refractivity contribution >= 4 is 27.5 Å². The molecule has 0 unspecified atom stereocenters. The highest BCUT2D eigenvalue weighted by Crippen LogP contribution is 2.37. The predicted molar refractivity (Wildman–Crippen MR) is 110 cm³/mol. The number of fused-ring (bicyclic) bond motifs is 1. The third kappa shape index (κ3) is 3.08. The molecule has 0 bridgehead atoms. The summed E-state index contributed by atoms with van der Waals surface area (Å²) in [5, 5.41) is 10.2. The molecule has 3 rings (SSSR count). The highest BCUT2D eigenvalue weighted by Gasteiger charge is 2.35. The molecule has 0 amide bonds. The summed E-state index contributed by atoms with van der Waals surface area (Å²) >= 11 is 1.48. The van der Waals surface area contributed by atoms with Gasteiger partial charge in [-0.05, 0) is 33.3 Å². The second kappa shape index (κ2) is 6.60. The average Bonchev–Trinajstić information content (AvgIpc) is 2.91. The monoisotopic (exact) mass is 384 g/mol. The third-order valence-electron chi connectivity index (χ3n) is 4.87. The standard InChI is InChI=1S/C21H24N2O3S/c1-11(2)17-22-18-16(19(24)23(17)21(5,6)20(25)26)15(13(4)27-18)14-9-7-12(3)8-10-14/h7-11H,1-6H3,(H,25,26). The molecule has 0 aliphatic rings. The van der Waals surface area contributed by atoms with Crippen LogP contribution in [-0.4, -0.2) is 20.6 Å². The van der Waals surface area contributed by atoms with Crippen LogP contribution in [-0.2, 0) is 10.3 Å². The van der Waals surface area contributed by atoms with Crippen LogP contribution >= 0.6 is 11.3 Å². The molecule has 0 saturated heterocycles. The van der Waals surface area contributed by atoms with Gasteiger partial charge in [-0.25, -0.2) is 9.78 Å². The number of aromatic nitrogens is 2. The minimum Gasteiger partial charge on any atom is -0.480 e. The topological polar surface area (TPSA) is 72.2 Å². The number of carbonyl (C=O) groups is 1. The zero-order valence-electron chi connectivity index (χ0n) is 16.5. The zero-order valence-corrected chi connectivity index (χ0v) is 17.3. The maximum atomic E-state index is 13.5. The number of hydrogen-bond acceptors (Lipinski definition) is 4. The van der Waals surface area contributed by atoms with Crippen molar-refractivity contribution in [1.82, 2.24) is 9.55 Å². The van der Waals surface area contributed by atoms with E-state index in [0.29, 0.717) is 16.0 Å². The maximum absolute atomic E-state index is 13.5. The predicted octanol–water partition coefficient (Wildman–Crippen LogP) is 4.68. The van der Waals surface area contributed by atoms with Gasteiger partial charge in [0.15, 0.2) is 0 Å². The van der Waals surface area contributed by atoms with Gasteiger partial charge in [-0.1, -0.05) is 43.7 Å². The largest absolute Gasteiger partial charge is 0.480 e. The fourth-order valence-electron chi connectivity index (χ4n) is 3.27. The van der Waals surface area contributed by atoms with Gasteiger partial charge >= 0.3 is 5.97 Å². The van der Waals surface area contributed by atoms with Crippen LogP contribution in [0.1, 0.15) is 49.9 Å². The number of aliphatic carboxylic acids is 1. The SMILES string of the molecule is Cc1ccc(-c2c(C)sc3nc(C(C)C)n(C(C)(C)C(=O)O)c(=O)c23)cc1. The molecule has 27 heavy (non-hydrogen) atoms. The summed E-state index contributed by atoms with van der Waals surface area (Å²) in [6.45, 7) is 10.9. The summed E-state index contributed by atoms with van der Waals surface area (Å²) < 4.78 is 1.35. The first kappa shape index (κ1) is 19.3. The second-order valence-corrected chi connectivity index (χ2v) is 8.91. The fourth-order valence-corrected chi connectivity index (χ4v) is 4.31. The molecule has 0 spiro atoms. The van der Waals surface area contributed by atoms with Gasteiger partial charge in [-0.15, -0.1) is 11.3 Å². The van der Waals surface area contributed by atoms with E-state index in [1.807, 2.05) is 52.0 Å². The molecule has 2 heterocycles. The smallest absolute Gasteiger partial charge is 0.329 e. The second-order valence-electron chi connectivity index (χ2n) is 7.71. The summed E-state index contributed by atoms with van der Waals surface area (Å²) in [6.07, 6.45) is 0. The molecule has 2 aromatic heterocycles. The van der Waals surface area contributed by atoms with Crippen molar-refractivity contribution in [3.8, 4) is 11.1 Å². The van der Waals surface area contributed by atoms with Crippen molar-refractivity contribution in [3.63, 3.8) is 0 Å². The van der Waals surface area contributed by atoms with Crippen LogP contribution in [0.5, 0.6) is 0 Å². The van der Waals surface area contributed by atoms with Crippen molar-refractivity contribution in [2.75, 3.05) is 0 Å². The van der Waals surface area contributed by atoms with Crippen molar-refractivity contribution < 1.29 is 9.90 Å². The number of rotatable bonds is 4. The Morgan fingerprint density at radius 2 is 1.78 bits per heavy atom. The number of nitrogens with zero attached hydrogens (tertiary/aromatic N) is 2. The molecule has 0 atom stereocenters. The average molecular weight is 385 g/mol. The van der Waals surface area contributed by atoms with E-state index in [2.05, 4.69) is 0 Å². The van der Waals surface area contributed by atoms with Gasteiger partial charge < -0.3 is 5.11 Å². The van der Waals surface area contributed by atoms with Gasteiger partial charge in [-0.2, -0.15) is 0 Å². The highest BCUT2D eigenvalue weighted by molar-refractivity contribution is 7.19. The van der Waals surface area contributed by atoms with Crippen LogP contribution in [0.15, 0.2) is 29.1 Å². The highest BCUT2D eigenvalue weighted by atomic mass is 32.1. The van der Waals surface area contributed by atoms with E-state index in [1.165, 1.54) is 15.9 Å². The normalized spacial score (nSPS) is 12.1. The summed E-state index contributed by atoms with van der Waals surface area (Å²) in [4.78, 5) is 31.8. The quantitative estimate of drug-likeness (QED) is 0.708. The molecule has 0 aliphatic heterocycles. The van der Waals surface area contributed by atoms with Gasteiger partial charge in [0.2, 0.25) is 0 Å². The maximum Gasteiger partial charge on any atom is 0.329 e. The number of benzene rings is 1. The Balaban J connectivity index is 2.46. The van der Waals surface area contributed by atoms with E-state index in [4.69, 9.17) is 4.98 Å².